The number of carbonyl (C=O) groups excluding carboxylic acids is 1. The average molecular weight is 346 g/mol. The van der Waals surface area contributed by atoms with Gasteiger partial charge in [0.15, 0.2) is 0 Å². The number of rotatable bonds is 3. The van der Waals surface area contributed by atoms with Crippen LogP contribution in [-0.4, -0.2) is 15.1 Å². The number of nitrogens with zero attached hydrogens (tertiary/aromatic N) is 1. The smallest absolute Gasteiger partial charge is 0.266 e. The van der Waals surface area contributed by atoms with Crippen molar-refractivity contribution in [2.75, 3.05) is 0 Å². The largest absolute Gasteiger partial charge is 0.288 e. The van der Waals surface area contributed by atoms with Crippen LogP contribution >= 0.6 is 35.3 Å². The molecule has 0 aliphatic carbocycles. The van der Waals surface area contributed by atoms with E-state index in [1.165, 1.54) is 22.2 Å². The van der Waals surface area contributed by atoms with Crippen LogP contribution in [0.2, 0.25) is 0 Å². The van der Waals surface area contributed by atoms with Crippen molar-refractivity contribution in [2.45, 2.75) is 20.4 Å². The fourth-order valence-corrected chi connectivity index (χ4v) is 4.31. The Labute approximate surface area is 143 Å². The second kappa shape index (κ2) is 6.36. The van der Waals surface area contributed by atoms with Gasteiger partial charge in [0.1, 0.15) is 4.32 Å². The standard InChI is InChI=1S/C17H15NOS3/c1-11-3-6-13(7-4-11)10-18-16(19)15(22-17(18)20)9-14-8-5-12(2)21-14/h3-9H,10H2,1-2H3/b15-9-. The molecule has 1 fully saturated rings. The van der Waals surface area contributed by atoms with Crippen LogP contribution in [0.5, 0.6) is 0 Å². The molecule has 0 atom stereocenters. The number of hydrogen-bond acceptors (Lipinski definition) is 4. The van der Waals surface area contributed by atoms with Crippen molar-refractivity contribution in [3.63, 3.8) is 0 Å². The van der Waals surface area contributed by atoms with Crippen LogP contribution in [0.4, 0.5) is 0 Å². The summed E-state index contributed by atoms with van der Waals surface area (Å²) in [6.07, 6.45) is 1.94. The third-order valence-corrected chi connectivity index (χ3v) is 5.69. The van der Waals surface area contributed by atoms with E-state index in [1.807, 2.05) is 24.3 Å². The van der Waals surface area contributed by atoms with Crippen LogP contribution in [0.1, 0.15) is 20.9 Å². The zero-order valence-electron chi connectivity index (χ0n) is 12.3. The number of aryl methyl sites for hydroxylation is 2. The van der Waals surface area contributed by atoms with Gasteiger partial charge in [0, 0.05) is 9.75 Å². The van der Waals surface area contributed by atoms with E-state index in [0.717, 1.165) is 10.4 Å². The molecule has 2 nitrogen and oxygen atoms in total. The fourth-order valence-electron chi connectivity index (χ4n) is 2.17. The molecule has 22 heavy (non-hydrogen) atoms. The number of thioether (sulfide) groups is 1. The minimum atomic E-state index is 0.00151. The molecule has 0 bridgehead atoms. The third-order valence-electron chi connectivity index (χ3n) is 3.37. The van der Waals surface area contributed by atoms with E-state index in [1.54, 1.807) is 16.2 Å². The van der Waals surface area contributed by atoms with Gasteiger partial charge in [-0.3, -0.25) is 9.69 Å². The highest BCUT2D eigenvalue weighted by Crippen LogP contribution is 2.34. The molecule has 0 saturated carbocycles. The summed E-state index contributed by atoms with van der Waals surface area (Å²) in [5, 5.41) is 0. The number of carbonyl (C=O) groups is 1. The predicted octanol–water partition coefficient (Wildman–Crippen LogP) is 4.77. The van der Waals surface area contributed by atoms with Gasteiger partial charge in [-0.25, -0.2) is 0 Å². The normalized spacial score (nSPS) is 16.8. The highest BCUT2D eigenvalue weighted by Gasteiger charge is 2.32. The molecular formula is C17H15NOS3. The number of hydrogen-bond donors (Lipinski definition) is 0. The maximum Gasteiger partial charge on any atom is 0.266 e. The van der Waals surface area contributed by atoms with E-state index in [0.29, 0.717) is 15.8 Å². The molecule has 0 radical (unpaired) electrons. The fraction of sp³-hybridized carbons (Fsp3) is 0.176. The summed E-state index contributed by atoms with van der Waals surface area (Å²) in [6.45, 7) is 4.64. The summed E-state index contributed by atoms with van der Waals surface area (Å²) < 4.78 is 0.630. The molecule has 0 unspecified atom stereocenters. The van der Waals surface area contributed by atoms with Crippen molar-refractivity contribution >= 4 is 51.6 Å². The first kappa shape index (κ1) is 15.5. The molecule has 5 heteroatoms. The molecule has 1 aliphatic rings. The summed E-state index contributed by atoms with van der Waals surface area (Å²) in [5.74, 6) is 0.00151. The molecule has 112 valence electrons. The predicted molar refractivity (Wildman–Crippen MR) is 99.0 cm³/mol. The van der Waals surface area contributed by atoms with E-state index >= 15 is 0 Å². The van der Waals surface area contributed by atoms with Crippen molar-refractivity contribution in [2.24, 2.45) is 0 Å². The molecule has 0 N–H and O–H groups in total. The van der Waals surface area contributed by atoms with Crippen LogP contribution in [0, 0.1) is 13.8 Å². The van der Waals surface area contributed by atoms with E-state index in [-0.39, 0.29) is 5.91 Å². The summed E-state index contributed by atoms with van der Waals surface area (Å²) in [6, 6.07) is 12.3. The van der Waals surface area contributed by atoms with E-state index in [9.17, 15) is 4.79 Å². The van der Waals surface area contributed by atoms with E-state index < -0.39 is 0 Å². The van der Waals surface area contributed by atoms with E-state index in [2.05, 4.69) is 32.0 Å². The van der Waals surface area contributed by atoms with Gasteiger partial charge < -0.3 is 0 Å². The van der Waals surface area contributed by atoms with Gasteiger partial charge in [-0.2, -0.15) is 0 Å². The maximum absolute atomic E-state index is 12.6. The molecule has 2 aromatic rings. The van der Waals surface area contributed by atoms with Gasteiger partial charge in [0.2, 0.25) is 0 Å². The molecule has 3 rings (SSSR count). The van der Waals surface area contributed by atoms with Gasteiger partial charge >= 0.3 is 0 Å². The first-order valence-electron chi connectivity index (χ1n) is 6.90. The number of amides is 1. The maximum atomic E-state index is 12.6. The molecule has 1 amide bonds. The van der Waals surface area contributed by atoms with Gasteiger partial charge in [-0.1, -0.05) is 53.8 Å². The van der Waals surface area contributed by atoms with Crippen LogP contribution in [0.15, 0.2) is 41.3 Å². The highest BCUT2D eigenvalue weighted by molar-refractivity contribution is 8.26. The average Bonchev–Trinajstić information content (AvgIpc) is 3.00. The van der Waals surface area contributed by atoms with Crippen LogP contribution in [0.25, 0.3) is 6.08 Å². The van der Waals surface area contributed by atoms with Gasteiger partial charge in [-0.05, 0) is 37.6 Å². The SMILES string of the molecule is Cc1ccc(CN2C(=O)/C(=C/c3ccc(C)s3)SC2=S)cc1. The van der Waals surface area contributed by atoms with Crippen molar-refractivity contribution in [3.8, 4) is 0 Å². The molecular weight excluding hydrogens is 330 g/mol. The zero-order chi connectivity index (χ0) is 15.7. The second-order valence-corrected chi connectivity index (χ2v) is 8.20. The number of thiocarbonyl (C=S) groups is 1. The number of benzene rings is 1. The Morgan fingerprint density at radius 2 is 1.86 bits per heavy atom. The second-order valence-electron chi connectivity index (χ2n) is 5.20. The lowest BCUT2D eigenvalue weighted by Crippen LogP contribution is -2.27. The summed E-state index contributed by atoms with van der Waals surface area (Å²) in [5.41, 5.74) is 2.30. The van der Waals surface area contributed by atoms with Gasteiger partial charge in [-0.15, -0.1) is 11.3 Å². The van der Waals surface area contributed by atoms with Crippen LogP contribution in [0.3, 0.4) is 0 Å². The molecule has 1 aromatic carbocycles. The molecule has 1 saturated heterocycles. The van der Waals surface area contributed by atoms with Crippen LogP contribution in [-0.2, 0) is 11.3 Å². The Kier molecular flexibility index (Phi) is 4.47. The van der Waals surface area contributed by atoms with Crippen molar-refractivity contribution in [1.82, 2.24) is 4.90 Å². The van der Waals surface area contributed by atoms with Gasteiger partial charge in [0.05, 0.1) is 11.4 Å². The summed E-state index contributed by atoms with van der Waals surface area (Å²) in [7, 11) is 0. The minimum Gasteiger partial charge on any atom is -0.288 e. The quantitative estimate of drug-likeness (QED) is 0.590. The lowest BCUT2D eigenvalue weighted by Gasteiger charge is -2.14. The molecule has 1 aromatic heterocycles. The summed E-state index contributed by atoms with van der Waals surface area (Å²) in [4.78, 5) is 17.3. The Morgan fingerprint density at radius 3 is 2.50 bits per heavy atom. The molecule has 2 heterocycles. The lowest BCUT2D eigenvalue weighted by atomic mass is 10.1. The summed E-state index contributed by atoms with van der Waals surface area (Å²) >= 11 is 8.44. The van der Waals surface area contributed by atoms with Crippen molar-refractivity contribution in [3.05, 3.63) is 62.2 Å². The molecule has 1 aliphatic heterocycles. The van der Waals surface area contributed by atoms with E-state index in [4.69, 9.17) is 12.2 Å². The van der Waals surface area contributed by atoms with Crippen LogP contribution < -0.4 is 0 Å². The topological polar surface area (TPSA) is 20.3 Å². The Hall–Kier alpha value is -1.43. The van der Waals surface area contributed by atoms with Gasteiger partial charge in [0.25, 0.3) is 5.91 Å². The Bertz CT molecular complexity index is 758. The zero-order valence-corrected chi connectivity index (χ0v) is 14.8. The first-order valence-corrected chi connectivity index (χ1v) is 8.94. The monoisotopic (exact) mass is 345 g/mol. The number of thiophene rings is 1. The third kappa shape index (κ3) is 3.32. The highest BCUT2D eigenvalue weighted by atomic mass is 32.2. The Balaban J connectivity index is 1.79. The Morgan fingerprint density at radius 1 is 1.14 bits per heavy atom. The van der Waals surface area contributed by atoms with Crippen molar-refractivity contribution in [1.29, 1.82) is 0 Å². The molecule has 0 spiro atoms. The first-order chi connectivity index (χ1) is 10.5. The minimum absolute atomic E-state index is 0.00151. The lowest BCUT2D eigenvalue weighted by molar-refractivity contribution is -0.122. The van der Waals surface area contributed by atoms with Crippen molar-refractivity contribution < 1.29 is 4.79 Å².